The molecule has 0 unspecified atom stereocenters. The van der Waals surface area contributed by atoms with E-state index in [1.54, 1.807) is 7.05 Å². The molecule has 118 valence electrons. The zero-order chi connectivity index (χ0) is 14.4. The highest BCUT2D eigenvalue weighted by Gasteiger charge is 1.97. The largest absolute Gasteiger partial charge is 0.373 e. The first-order chi connectivity index (χ1) is 9.72. The third-order valence-corrected chi connectivity index (χ3v) is 3.13. The molecule has 0 spiro atoms. The predicted molar refractivity (Wildman–Crippen MR) is 100 cm³/mol. The lowest BCUT2D eigenvalue weighted by molar-refractivity contribution is 1.07. The lowest BCUT2D eigenvalue weighted by Gasteiger charge is -2.03. The molecular weight excluding hydrogens is 317 g/mol. The standard InChI is InChI=1S/C17H19N3.2ClH/c1-20-17(19)16-10-8-14(9-11-16)3-2-13-4-6-15(12-18)7-5-13;;/h2-11H,12,18H2,1H3,(H2,19,20);2*1H. The maximum absolute atomic E-state index is 7.68. The Morgan fingerprint density at radius 3 is 1.82 bits per heavy atom. The molecule has 0 saturated carbocycles. The van der Waals surface area contributed by atoms with Crippen molar-refractivity contribution >= 4 is 42.8 Å². The van der Waals surface area contributed by atoms with Crippen LogP contribution in [0.25, 0.3) is 12.2 Å². The van der Waals surface area contributed by atoms with Gasteiger partial charge < -0.3 is 11.1 Å². The SMILES string of the molecule is CNC(=N)c1ccc(C=Cc2ccc(CN)cc2)cc1.Cl.Cl. The molecule has 0 aromatic heterocycles. The minimum Gasteiger partial charge on any atom is -0.373 e. The van der Waals surface area contributed by atoms with E-state index < -0.39 is 0 Å². The molecular formula is C17H21Cl2N3. The van der Waals surface area contributed by atoms with Crippen molar-refractivity contribution in [2.75, 3.05) is 7.05 Å². The summed E-state index contributed by atoms with van der Waals surface area (Å²) in [5, 5.41) is 10.5. The second kappa shape index (κ2) is 10.0. The van der Waals surface area contributed by atoms with Crippen molar-refractivity contribution in [2.24, 2.45) is 5.73 Å². The molecule has 3 nitrogen and oxygen atoms in total. The van der Waals surface area contributed by atoms with Gasteiger partial charge in [0.05, 0.1) is 0 Å². The zero-order valence-corrected chi connectivity index (χ0v) is 14.0. The fourth-order valence-electron chi connectivity index (χ4n) is 1.86. The molecule has 22 heavy (non-hydrogen) atoms. The van der Waals surface area contributed by atoms with E-state index in [-0.39, 0.29) is 24.8 Å². The molecule has 5 heteroatoms. The quantitative estimate of drug-likeness (QED) is 0.452. The molecule has 0 aliphatic heterocycles. The van der Waals surface area contributed by atoms with Crippen LogP contribution in [0.3, 0.4) is 0 Å². The Morgan fingerprint density at radius 2 is 1.41 bits per heavy atom. The molecule has 2 aromatic carbocycles. The molecule has 2 rings (SSSR count). The molecule has 0 saturated heterocycles. The molecule has 0 atom stereocenters. The van der Waals surface area contributed by atoms with Gasteiger partial charge in [0, 0.05) is 19.2 Å². The van der Waals surface area contributed by atoms with Gasteiger partial charge in [0.15, 0.2) is 0 Å². The Balaban J connectivity index is 0.00000220. The van der Waals surface area contributed by atoms with Crippen molar-refractivity contribution < 1.29 is 0 Å². The molecule has 0 heterocycles. The molecule has 0 amide bonds. The van der Waals surface area contributed by atoms with Gasteiger partial charge in [0.2, 0.25) is 0 Å². The summed E-state index contributed by atoms with van der Waals surface area (Å²) < 4.78 is 0. The lowest BCUT2D eigenvalue weighted by Crippen LogP contribution is -2.17. The zero-order valence-electron chi connectivity index (χ0n) is 12.4. The summed E-state index contributed by atoms with van der Waals surface area (Å²) in [7, 11) is 1.75. The number of hydrogen-bond donors (Lipinski definition) is 3. The molecule has 0 aliphatic carbocycles. The maximum atomic E-state index is 7.68. The number of amidine groups is 1. The van der Waals surface area contributed by atoms with Gasteiger partial charge in [-0.2, -0.15) is 0 Å². The number of nitrogens with one attached hydrogen (secondary N) is 2. The molecule has 0 bridgehead atoms. The van der Waals surface area contributed by atoms with Gasteiger partial charge in [-0.3, -0.25) is 5.41 Å². The van der Waals surface area contributed by atoms with Crippen molar-refractivity contribution in [3.8, 4) is 0 Å². The van der Waals surface area contributed by atoms with Crippen LogP contribution in [0.4, 0.5) is 0 Å². The van der Waals surface area contributed by atoms with E-state index in [4.69, 9.17) is 11.1 Å². The lowest BCUT2D eigenvalue weighted by atomic mass is 10.1. The van der Waals surface area contributed by atoms with E-state index in [2.05, 4.69) is 29.6 Å². The molecule has 0 radical (unpaired) electrons. The van der Waals surface area contributed by atoms with Gasteiger partial charge >= 0.3 is 0 Å². The highest BCUT2D eigenvalue weighted by molar-refractivity contribution is 5.96. The Labute approximate surface area is 144 Å². The van der Waals surface area contributed by atoms with Crippen LogP contribution in [-0.4, -0.2) is 12.9 Å². The van der Waals surface area contributed by atoms with Gasteiger partial charge in [0.1, 0.15) is 5.84 Å². The summed E-state index contributed by atoms with van der Waals surface area (Å²) in [4.78, 5) is 0. The van der Waals surface area contributed by atoms with E-state index in [9.17, 15) is 0 Å². The summed E-state index contributed by atoms with van der Waals surface area (Å²) in [6.45, 7) is 0.572. The summed E-state index contributed by atoms with van der Waals surface area (Å²) in [5.41, 5.74) is 9.86. The van der Waals surface area contributed by atoms with Crippen LogP contribution in [0, 0.1) is 5.41 Å². The van der Waals surface area contributed by atoms with Crippen molar-refractivity contribution in [3.63, 3.8) is 0 Å². The molecule has 0 fully saturated rings. The minimum absolute atomic E-state index is 0. The van der Waals surface area contributed by atoms with Crippen molar-refractivity contribution in [2.45, 2.75) is 6.54 Å². The van der Waals surface area contributed by atoms with E-state index in [0.29, 0.717) is 12.4 Å². The number of benzene rings is 2. The average molecular weight is 338 g/mol. The summed E-state index contributed by atoms with van der Waals surface area (Å²) in [6, 6.07) is 16.1. The van der Waals surface area contributed by atoms with Crippen molar-refractivity contribution in [3.05, 3.63) is 70.8 Å². The fourth-order valence-corrected chi connectivity index (χ4v) is 1.86. The Morgan fingerprint density at radius 1 is 0.955 bits per heavy atom. The van der Waals surface area contributed by atoms with Crippen LogP contribution in [0.5, 0.6) is 0 Å². The number of rotatable bonds is 4. The monoisotopic (exact) mass is 337 g/mol. The van der Waals surface area contributed by atoms with Crippen LogP contribution >= 0.6 is 24.8 Å². The Hall–Kier alpha value is -1.81. The Kier molecular flexibility index (Phi) is 9.18. The number of halogens is 2. The normalized spacial score (nSPS) is 9.73. The van der Waals surface area contributed by atoms with Gasteiger partial charge in [-0.25, -0.2) is 0 Å². The maximum Gasteiger partial charge on any atom is 0.125 e. The summed E-state index contributed by atoms with van der Waals surface area (Å²) in [6.07, 6.45) is 4.13. The minimum atomic E-state index is 0. The smallest absolute Gasteiger partial charge is 0.125 e. The summed E-state index contributed by atoms with van der Waals surface area (Å²) in [5.74, 6) is 0.429. The van der Waals surface area contributed by atoms with Gasteiger partial charge in [-0.05, 0) is 16.7 Å². The molecule has 2 aromatic rings. The van der Waals surface area contributed by atoms with Gasteiger partial charge in [-0.1, -0.05) is 60.7 Å². The highest BCUT2D eigenvalue weighted by atomic mass is 35.5. The number of hydrogen-bond acceptors (Lipinski definition) is 2. The van der Waals surface area contributed by atoms with Crippen LogP contribution in [0.1, 0.15) is 22.3 Å². The second-order valence-electron chi connectivity index (χ2n) is 4.53. The van der Waals surface area contributed by atoms with Crippen LogP contribution < -0.4 is 11.1 Å². The Bertz CT molecular complexity index is 605. The summed E-state index contributed by atoms with van der Waals surface area (Å²) >= 11 is 0. The number of nitrogens with two attached hydrogens (primary N) is 1. The third kappa shape index (κ3) is 5.53. The van der Waals surface area contributed by atoms with Crippen molar-refractivity contribution in [1.82, 2.24) is 5.32 Å². The van der Waals surface area contributed by atoms with E-state index >= 15 is 0 Å². The fraction of sp³-hybridized carbons (Fsp3) is 0.118. The first kappa shape index (κ1) is 20.2. The third-order valence-electron chi connectivity index (χ3n) is 3.13. The van der Waals surface area contributed by atoms with Crippen LogP contribution in [-0.2, 0) is 6.54 Å². The molecule has 0 aliphatic rings. The van der Waals surface area contributed by atoms with E-state index in [0.717, 1.165) is 22.3 Å². The topological polar surface area (TPSA) is 61.9 Å². The van der Waals surface area contributed by atoms with Gasteiger partial charge in [0.25, 0.3) is 0 Å². The van der Waals surface area contributed by atoms with E-state index in [1.807, 2.05) is 36.4 Å². The van der Waals surface area contributed by atoms with E-state index in [1.165, 1.54) is 0 Å². The second-order valence-corrected chi connectivity index (χ2v) is 4.53. The highest BCUT2D eigenvalue weighted by Crippen LogP contribution is 2.11. The predicted octanol–water partition coefficient (Wildman–Crippen LogP) is 3.70. The van der Waals surface area contributed by atoms with Crippen molar-refractivity contribution in [1.29, 1.82) is 5.41 Å². The molecule has 4 N–H and O–H groups in total. The van der Waals surface area contributed by atoms with Crippen LogP contribution in [0.15, 0.2) is 48.5 Å². The first-order valence-corrected chi connectivity index (χ1v) is 6.57. The van der Waals surface area contributed by atoms with Crippen LogP contribution in [0.2, 0.25) is 0 Å². The van der Waals surface area contributed by atoms with Gasteiger partial charge in [-0.15, -0.1) is 24.8 Å². The first-order valence-electron chi connectivity index (χ1n) is 6.57. The average Bonchev–Trinajstić information content (AvgIpc) is 2.53.